The topological polar surface area (TPSA) is 66.1 Å². The molecule has 2 rings (SSSR count). The molecule has 1 aromatic heterocycles. The average molecular weight is 335 g/mol. The predicted octanol–water partition coefficient (Wildman–Crippen LogP) is 2.32. The van der Waals surface area contributed by atoms with Crippen molar-refractivity contribution in [3.63, 3.8) is 0 Å². The highest BCUT2D eigenvalue weighted by Gasteiger charge is 2.34. The van der Waals surface area contributed by atoms with Crippen molar-refractivity contribution in [1.82, 2.24) is 14.9 Å². The van der Waals surface area contributed by atoms with Crippen LogP contribution in [0.2, 0.25) is 0 Å². The maximum Gasteiger partial charge on any atom is 0.418 e. The molecule has 22 heavy (non-hydrogen) atoms. The molecule has 0 amide bonds. The second-order valence-corrected chi connectivity index (χ2v) is 7.57. The molecule has 122 valence electrons. The van der Waals surface area contributed by atoms with Crippen LogP contribution < -0.4 is 0 Å². The second-order valence-electron chi connectivity index (χ2n) is 5.46. The maximum atomic E-state index is 13.1. The maximum absolute atomic E-state index is 13.1. The van der Waals surface area contributed by atoms with E-state index in [1.165, 1.54) is 4.90 Å². The van der Waals surface area contributed by atoms with Crippen LogP contribution in [0.15, 0.2) is 12.1 Å². The monoisotopic (exact) mass is 335 g/mol. The highest BCUT2D eigenvalue weighted by Crippen LogP contribution is 2.34. The molecule has 0 saturated heterocycles. The third-order valence-electron chi connectivity index (χ3n) is 2.97. The summed E-state index contributed by atoms with van der Waals surface area (Å²) < 4.78 is 61.6. The minimum Gasteiger partial charge on any atom is -0.340 e. The molecule has 0 aliphatic rings. The van der Waals surface area contributed by atoms with Crippen LogP contribution in [-0.2, 0) is 22.6 Å². The first-order valence-electron chi connectivity index (χ1n) is 6.38. The Morgan fingerprint density at radius 1 is 1.32 bits per heavy atom. The molecular formula is C13H16F3N3O2S. The Kier molecular flexibility index (Phi) is 4.22. The van der Waals surface area contributed by atoms with Crippen molar-refractivity contribution < 1.29 is 21.6 Å². The van der Waals surface area contributed by atoms with E-state index in [4.69, 9.17) is 0 Å². The van der Waals surface area contributed by atoms with Crippen molar-refractivity contribution in [2.24, 2.45) is 0 Å². The third kappa shape index (κ3) is 3.98. The lowest BCUT2D eigenvalue weighted by molar-refractivity contribution is -0.136. The van der Waals surface area contributed by atoms with Gasteiger partial charge >= 0.3 is 6.18 Å². The van der Waals surface area contributed by atoms with E-state index in [0.717, 1.165) is 12.3 Å². The smallest absolute Gasteiger partial charge is 0.340 e. The lowest BCUT2D eigenvalue weighted by Crippen LogP contribution is -2.25. The van der Waals surface area contributed by atoms with E-state index in [2.05, 4.69) is 9.97 Å². The van der Waals surface area contributed by atoms with Gasteiger partial charge in [-0.1, -0.05) is 0 Å². The van der Waals surface area contributed by atoms with Gasteiger partial charge in [0.15, 0.2) is 9.84 Å². The van der Waals surface area contributed by atoms with E-state index >= 15 is 0 Å². The van der Waals surface area contributed by atoms with E-state index in [9.17, 15) is 21.6 Å². The van der Waals surface area contributed by atoms with Gasteiger partial charge in [-0.3, -0.25) is 4.90 Å². The molecule has 0 bridgehead atoms. The van der Waals surface area contributed by atoms with Crippen molar-refractivity contribution in [1.29, 1.82) is 0 Å². The molecule has 9 heteroatoms. The third-order valence-corrected chi connectivity index (χ3v) is 3.88. The molecular weight excluding hydrogens is 319 g/mol. The van der Waals surface area contributed by atoms with Crippen molar-refractivity contribution in [2.75, 3.05) is 19.2 Å². The molecule has 0 radical (unpaired) electrons. The highest BCUT2D eigenvalue weighted by molar-refractivity contribution is 7.90. The van der Waals surface area contributed by atoms with Gasteiger partial charge in [-0.05, 0) is 31.7 Å². The Bertz CT molecular complexity index is 797. The van der Waals surface area contributed by atoms with Gasteiger partial charge in [-0.25, -0.2) is 13.4 Å². The summed E-state index contributed by atoms with van der Waals surface area (Å²) in [4.78, 5) is 8.24. The van der Waals surface area contributed by atoms with Gasteiger partial charge in [0.2, 0.25) is 0 Å². The van der Waals surface area contributed by atoms with Crippen LogP contribution in [-0.4, -0.2) is 42.5 Å². The van der Waals surface area contributed by atoms with Gasteiger partial charge in [0.25, 0.3) is 0 Å². The first-order valence-corrected chi connectivity index (χ1v) is 8.44. The van der Waals surface area contributed by atoms with E-state index in [0.29, 0.717) is 5.56 Å². The SMILES string of the molecule is Cc1cc(C(F)(F)F)c2[nH]c(CN(C)CS(C)(=O)=O)nc2c1. The number of H-pyrrole nitrogens is 1. The Morgan fingerprint density at radius 3 is 2.50 bits per heavy atom. The molecule has 0 unspecified atom stereocenters. The van der Waals surface area contributed by atoms with Gasteiger partial charge in [0, 0.05) is 6.26 Å². The number of aryl methyl sites for hydroxylation is 1. The summed E-state index contributed by atoms with van der Waals surface area (Å²) in [5.41, 5.74) is -0.176. The number of nitrogens with zero attached hydrogens (tertiary/aromatic N) is 2. The minimum atomic E-state index is -4.48. The normalized spacial score (nSPS) is 13.2. The highest BCUT2D eigenvalue weighted by atomic mass is 32.2. The van der Waals surface area contributed by atoms with Crippen molar-refractivity contribution in [3.05, 3.63) is 29.1 Å². The number of alkyl halides is 3. The van der Waals surface area contributed by atoms with Crippen LogP contribution in [0.1, 0.15) is 17.0 Å². The number of rotatable bonds is 4. The molecule has 2 aromatic rings. The molecule has 0 aliphatic heterocycles. The van der Waals surface area contributed by atoms with E-state index < -0.39 is 21.6 Å². The molecule has 1 heterocycles. The zero-order valence-electron chi connectivity index (χ0n) is 12.3. The number of aromatic amines is 1. The Balaban J connectivity index is 2.39. The lowest BCUT2D eigenvalue weighted by atomic mass is 10.1. The summed E-state index contributed by atoms with van der Waals surface area (Å²) in [6.45, 7) is 1.68. The van der Waals surface area contributed by atoms with Crippen LogP contribution >= 0.6 is 0 Å². The standard InChI is InChI=1S/C13H16F3N3O2S/c1-8-4-9(13(14,15)16)12-10(5-8)17-11(18-12)6-19(2)7-22(3,20)21/h4-5H,6-7H2,1-3H3,(H,17,18). The summed E-state index contributed by atoms with van der Waals surface area (Å²) in [6.07, 6.45) is -3.39. The fraction of sp³-hybridized carbons (Fsp3) is 0.462. The van der Waals surface area contributed by atoms with Gasteiger partial charge in [-0.2, -0.15) is 13.2 Å². The molecule has 0 aliphatic carbocycles. The van der Waals surface area contributed by atoms with Gasteiger partial charge < -0.3 is 4.98 Å². The zero-order chi connectivity index (χ0) is 16.7. The molecule has 1 N–H and O–H groups in total. The quantitative estimate of drug-likeness (QED) is 0.931. The summed E-state index contributed by atoms with van der Waals surface area (Å²) in [5.74, 6) is 0.0899. The first-order chi connectivity index (χ1) is 9.95. The number of hydrogen-bond donors (Lipinski definition) is 1. The molecule has 0 saturated carbocycles. The number of sulfone groups is 1. The van der Waals surface area contributed by atoms with Crippen LogP contribution in [0.25, 0.3) is 11.0 Å². The fourth-order valence-electron chi connectivity index (χ4n) is 2.30. The Hall–Kier alpha value is -1.61. The number of imidazole rings is 1. The van der Waals surface area contributed by atoms with Gasteiger partial charge in [0.1, 0.15) is 11.7 Å². The summed E-state index contributed by atoms with van der Waals surface area (Å²) in [6, 6.07) is 2.62. The van der Waals surface area contributed by atoms with Crippen LogP contribution in [0.5, 0.6) is 0 Å². The number of benzene rings is 1. The molecule has 0 spiro atoms. The van der Waals surface area contributed by atoms with Crippen molar-refractivity contribution >= 4 is 20.9 Å². The zero-order valence-corrected chi connectivity index (χ0v) is 13.1. The summed E-state index contributed by atoms with van der Waals surface area (Å²) >= 11 is 0. The number of fused-ring (bicyclic) bond motifs is 1. The summed E-state index contributed by atoms with van der Waals surface area (Å²) in [7, 11) is -1.65. The number of halogens is 3. The van der Waals surface area contributed by atoms with Crippen LogP contribution in [0.4, 0.5) is 13.2 Å². The van der Waals surface area contributed by atoms with Crippen molar-refractivity contribution in [2.45, 2.75) is 19.6 Å². The largest absolute Gasteiger partial charge is 0.418 e. The van der Waals surface area contributed by atoms with Crippen LogP contribution in [0.3, 0.4) is 0 Å². The van der Waals surface area contributed by atoms with E-state index in [1.807, 2.05) is 0 Å². The predicted molar refractivity (Wildman–Crippen MR) is 77.0 cm³/mol. The molecule has 0 atom stereocenters. The number of nitrogens with one attached hydrogen (secondary N) is 1. The molecule has 1 aromatic carbocycles. The number of aromatic nitrogens is 2. The van der Waals surface area contributed by atoms with Gasteiger partial charge in [-0.15, -0.1) is 0 Å². The van der Waals surface area contributed by atoms with E-state index in [-0.39, 0.29) is 29.3 Å². The van der Waals surface area contributed by atoms with Crippen LogP contribution in [0, 0.1) is 6.92 Å². The van der Waals surface area contributed by atoms with Crippen molar-refractivity contribution in [3.8, 4) is 0 Å². The first kappa shape index (κ1) is 16.8. The van der Waals surface area contributed by atoms with Gasteiger partial charge in [0.05, 0.1) is 23.1 Å². The summed E-state index contributed by atoms with van der Waals surface area (Å²) in [5, 5.41) is 0. The molecule has 0 fully saturated rings. The second kappa shape index (κ2) is 5.54. The Labute approximate surface area is 126 Å². The van der Waals surface area contributed by atoms with E-state index in [1.54, 1.807) is 20.0 Å². The minimum absolute atomic E-state index is 0.0825. The Morgan fingerprint density at radius 2 is 1.95 bits per heavy atom. The number of hydrogen-bond acceptors (Lipinski definition) is 4. The molecule has 5 nitrogen and oxygen atoms in total. The fourth-order valence-corrected chi connectivity index (χ4v) is 3.20. The average Bonchev–Trinajstić information content (AvgIpc) is 2.65. The lowest BCUT2D eigenvalue weighted by Gasteiger charge is -2.13.